The fourth-order valence-electron chi connectivity index (χ4n) is 2.51. The van der Waals surface area contributed by atoms with E-state index in [1.54, 1.807) is 20.8 Å². The Hall–Kier alpha value is -0.330. The molecule has 0 saturated heterocycles. The Kier molecular flexibility index (Phi) is 7.26. The molecule has 2 atom stereocenters. The van der Waals surface area contributed by atoms with Crippen molar-refractivity contribution in [1.29, 1.82) is 0 Å². The van der Waals surface area contributed by atoms with Gasteiger partial charge < -0.3 is 9.47 Å². The summed E-state index contributed by atoms with van der Waals surface area (Å²) < 4.78 is 11.7. The highest BCUT2D eigenvalue weighted by Crippen LogP contribution is 2.30. The molecule has 0 N–H and O–H groups in total. The first-order valence-corrected chi connectivity index (χ1v) is 8.81. The number of hydrogen-bond acceptors (Lipinski definition) is 4. The van der Waals surface area contributed by atoms with Crippen LogP contribution in [-0.4, -0.2) is 28.1 Å². The van der Waals surface area contributed by atoms with Crippen molar-refractivity contribution in [3.8, 4) is 0 Å². The molecule has 0 aromatic rings. The molecule has 0 amide bonds. The monoisotopic (exact) mass is 396 g/mol. The van der Waals surface area contributed by atoms with E-state index < -0.39 is 17.5 Å². The van der Waals surface area contributed by atoms with Gasteiger partial charge in [0.15, 0.2) is 0 Å². The predicted molar refractivity (Wildman–Crippen MR) is 85.8 cm³/mol. The standard InChI is InChI=1S/C15H25IO4/c1-15(2,3)20-14(18)10-13(17)19-12-7-5-4-6-11(12)8-9-16/h11-12H,4-10H2,1-3H3. The zero-order valence-corrected chi connectivity index (χ0v) is 14.8. The smallest absolute Gasteiger partial charge is 0.317 e. The van der Waals surface area contributed by atoms with Crippen molar-refractivity contribution in [3.05, 3.63) is 0 Å². The van der Waals surface area contributed by atoms with E-state index in [-0.39, 0.29) is 12.5 Å². The second-order valence-corrected chi connectivity index (χ2v) is 7.39. The van der Waals surface area contributed by atoms with Crippen molar-refractivity contribution >= 4 is 34.5 Å². The zero-order valence-electron chi connectivity index (χ0n) is 12.6. The van der Waals surface area contributed by atoms with Gasteiger partial charge in [0.25, 0.3) is 0 Å². The minimum absolute atomic E-state index is 0.0200. The average molecular weight is 396 g/mol. The SMILES string of the molecule is CC(C)(C)OC(=O)CC(=O)OC1CCCCC1CCI. The molecule has 1 aliphatic carbocycles. The van der Waals surface area contributed by atoms with E-state index in [0.29, 0.717) is 5.92 Å². The number of hydrogen-bond donors (Lipinski definition) is 0. The van der Waals surface area contributed by atoms with Crippen LogP contribution in [-0.2, 0) is 19.1 Å². The van der Waals surface area contributed by atoms with Crippen molar-refractivity contribution in [3.63, 3.8) is 0 Å². The number of carbonyl (C=O) groups is 2. The molecule has 116 valence electrons. The lowest BCUT2D eigenvalue weighted by Gasteiger charge is -2.30. The average Bonchev–Trinajstić information content (AvgIpc) is 2.29. The Bertz CT molecular complexity index is 333. The van der Waals surface area contributed by atoms with Crippen LogP contribution in [0.25, 0.3) is 0 Å². The number of halogens is 1. The van der Waals surface area contributed by atoms with Crippen molar-refractivity contribution in [2.24, 2.45) is 5.92 Å². The Morgan fingerprint density at radius 1 is 1.15 bits per heavy atom. The maximum Gasteiger partial charge on any atom is 0.317 e. The van der Waals surface area contributed by atoms with Crippen LogP contribution in [0, 0.1) is 5.92 Å². The van der Waals surface area contributed by atoms with Crippen LogP contribution in [0.15, 0.2) is 0 Å². The molecule has 1 aliphatic rings. The van der Waals surface area contributed by atoms with E-state index in [9.17, 15) is 9.59 Å². The van der Waals surface area contributed by atoms with Crippen molar-refractivity contribution in [1.82, 2.24) is 0 Å². The summed E-state index contributed by atoms with van der Waals surface area (Å²) in [6.45, 7) is 5.36. The third-order valence-electron chi connectivity index (χ3n) is 3.31. The molecular weight excluding hydrogens is 371 g/mol. The highest BCUT2D eigenvalue weighted by molar-refractivity contribution is 14.1. The Morgan fingerprint density at radius 3 is 2.40 bits per heavy atom. The van der Waals surface area contributed by atoms with Gasteiger partial charge in [-0.2, -0.15) is 0 Å². The summed E-state index contributed by atoms with van der Waals surface area (Å²) in [6.07, 6.45) is 5.11. The topological polar surface area (TPSA) is 52.6 Å². The van der Waals surface area contributed by atoms with Crippen LogP contribution in [0.5, 0.6) is 0 Å². The zero-order chi connectivity index (χ0) is 15.2. The molecule has 2 unspecified atom stereocenters. The van der Waals surface area contributed by atoms with E-state index in [1.807, 2.05) is 0 Å². The molecule has 0 aliphatic heterocycles. The first-order chi connectivity index (χ1) is 9.31. The summed E-state index contributed by atoms with van der Waals surface area (Å²) in [5, 5.41) is 0. The normalized spacial score (nSPS) is 23.2. The van der Waals surface area contributed by atoms with E-state index >= 15 is 0 Å². The molecule has 5 heteroatoms. The Labute approximate surface area is 135 Å². The van der Waals surface area contributed by atoms with Gasteiger partial charge in [-0.15, -0.1) is 0 Å². The van der Waals surface area contributed by atoms with Gasteiger partial charge in [-0.25, -0.2) is 0 Å². The molecule has 0 radical (unpaired) electrons. The number of ether oxygens (including phenoxy) is 2. The van der Waals surface area contributed by atoms with E-state index in [2.05, 4.69) is 22.6 Å². The summed E-state index contributed by atoms with van der Waals surface area (Å²) in [7, 11) is 0. The summed E-state index contributed by atoms with van der Waals surface area (Å²) in [5.41, 5.74) is -0.564. The Balaban J connectivity index is 2.42. The molecule has 0 heterocycles. The lowest BCUT2D eigenvalue weighted by Crippen LogP contribution is -2.32. The van der Waals surface area contributed by atoms with E-state index in [4.69, 9.17) is 9.47 Å². The predicted octanol–water partition coefficient (Wildman–Crippen LogP) is 3.65. The fourth-order valence-corrected chi connectivity index (χ4v) is 3.31. The van der Waals surface area contributed by atoms with Gasteiger partial charge in [-0.05, 0) is 56.8 Å². The van der Waals surface area contributed by atoms with E-state index in [1.165, 1.54) is 6.42 Å². The summed E-state index contributed by atoms with van der Waals surface area (Å²) >= 11 is 2.35. The van der Waals surface area contributed by atoms with Crippen LogP contribution >= 0.6 is 22.6 Å². The maximum absolute atomic E-state index is 11.8. The van der Waals surface area contributed by atoms with Gasteiger partial charge in [0.2, 0.25) is 0 Å². The van der Waals surface area contributed by atoms with Gasteiger partial charge in [0, 0.05) is 0 Å². The minimum atomic E-state index is -0.564. The summed E-state index contributed by atoms with van der Waals surface area (Å²) in [5.74, 6) is -0.517. The van der Waals surface area contributed by atoms with Gasteiger partial charge in [-0.1, -0.05) is 29.0 Å². The number of esters is 2. The third kappa shape index (κ3) is 6.90. The highest BCUT2D eigenvalue weighted by atomic mass is 127. The molecule has 1 saturated carbocycles. The lowest BCUT2D eigenvalue weighted by atomic mass is 9.85. The van der Waals surface area contributed by atoms with Crippen LogP contribution in [0.3, 0.4) is 0 Å². The second-order valence-electron chi connectivity index (χ2n) is 6.31. The molecule has 1 fully saturated rings. The lowest BCUT2D eigenvalue weighted by molar-refractivity contribution is -0.165. The second kappa shape index (κ2) is 8.20. The number of alkyl halides is 1. The molecule has 20 heavy (non-hydrogen) atoms. The van der Waals surface area contributed by atoms with E-state index in [0.717, 1.165) is 30.1 Å². The maximum atomic E-state index is 11.8. The van der Waals surface area contributed by atoms with Gasteiger partial charge in [-0.3, -0.25) is 9.59 Å². The summed E-state index contributed by atoms with van der Waals surface area (Å²) in [4.78, 5) is 23.4. The van der Waals surface area contributed by atoms with Crippen LogP contribution in [0.1, 0.15) is 59.3 Å². The van der Waals surface area contributed by atoms with Gasteiger partial charge in [0.1, 0.15) is 18.1 Å². The first kappa shape index (κ1) is 17.7. The minimum Gasteiger partial charge on any atom is -0.462 e. The quantitative estimate of drug-likeness (QED) is 0.308. The highest BCUT2D eigenvalue weighted by Gasteiger charge is 2.29. The van der Waals surface area contributed by atoms with Gasteiger partial charge in [0.05, 0.1) is 0 Å². The van der Waals surface area contributed by atoms with Gasteiger partial charge >= 0.3 is 11.9 Å². The largest absolute Gasteiger partial charge is 0.462 e. The molecule has 0 spiro atoms. The molecule has 1 rings (SSSR count). The van der Waals surface area contributed by atoms with Crippen molar-refractivity contribution in [2.75, 3.05) is 4.43 Å². The third-order valence-corrected chi connectivity index (χ3v) is 3.93. The number of rotatable bonds is 5. The molecule has 4 nitrogen and oxygen atoms in total. The van der Waals surface area contributed by atoms with Crippen molar-refractivity contribution in [2.45, 2.75) is 71.0 Å². The van der Waals surface area contributed by atoms with Crippen molar-refractivity contribution < 1.29 is 19.1 Å². The molecule has 0 aromatic carbocycles. The van der Waals surface area contributed by atoms with Crippen LogP contribution in [0.4, 0.5) is 0 Å². The molecule has 0 aromatic heterocycles. The fraction of sp³-hybridized carbons (Fsp3) is 0.867. The Morgan fingerprint density at radius 2 is 1.80 bits per heavy atom. The number of carbonyl (C=O) groups excluding carboxylic acids is 2. The first-order valence-electron chi connectivity index (χ1n) is 7.29. The molecular formula is C15H25IO4. The summed E-state index contributed by atoms with van der Waals surface area (Å²) in [6, 6.07) is 0. The van der Waals surface area contributed by atoms with Crippen LogP contribution < -0.4 is 0 Å². The molecule has 0 bridgehead atoms. The van der Waals surface area contributed by atoms with Crippen LogP contribution in [0.2, 0.25) is 0 Å².